The monoisotopic (exact) mass is 546 g/mol. The summed E-state index contributed by atoms with van der Waals surface area (Å²) in [4.78, 5) is 79.3. The molecule has 2 fully saturated rings. The molecular formula is C30H30N2O8. The average Bonchev–Trinajstić information content (AvgIpc) is 2.86. The number of carbonyl (C=O) groups excluding carboxylic acids is 6. The van der Waals surface area contributed by atoms with E-state index in [1.165, 1.54) is 17.9 Å². The van der Waals surface area contributed by atoms with Gasteiger partial charge in [0.25, 0.3) is 0 Å². The normalized spacial score (nSPS) is 29.6. The first-order chi connectivity index (χ1) is 18.8. The molecule has 3 aliphatic carbocycles. The van der Waals surface area contributed by atoms with E-state index >= 15 is 0 Å². The molecule has 2 saturated carbocycles. The number of likely N-dealkylation sites (N-methyl/N-ethyl adjacent to an activating group) is 1. The molecule has 10 heteroatoms. The Morgan fingerprint density at radius 3 is 2.25 bits per heavy atom. The van der Waals surface area contributed by atoms with Crippen molar-refractivity contribution in [2.24, 2.45) is 29.4 Å². The van der Waals surface area contributed by atoms with Gasteiger partial charge in [-0.1, -0.05) is 30.3 Å². The number of rotatable bonds is 5. The lowest BCUT2D eigenvalue weighted by atomic mass is 9.52. The number of hydrogen-bond acceptors (Lipinski definition) is 9. The van der Waals surface area contributed by atoms with E-state index in [1.54, 1.807) is 20.2 Å². The molecule has 4 N–H and O–H groups in total. The number of primary amides is 1. The van der Waals surface area contributed by atoms with Gasteiger partial charge in [0.2, 0.25) is 5.91 Å². The smallest absolute Gasteiger partial charge is 0.235 e. The van der Waals surface area contributed by atoms with Crippen molar-refractivity contribution in [3.05, 3.63) is 53.1 Å². The number of hydrogen-bond donors (Lipinski definition) is 3. The molecule has 10 nitrogen and oxygen atoms in total. The summed E-state index contributed by atoms with van der Waals surface area (Å²) in [6.45, 7) is 1.50. The van der Waals surface area contributed by atoms with Gasteiger partial charge >= 0.3 is 0 Å². The Labute approximate surface area is 230 Å². The van der Waals surface area contributed by atoms with Gasteiger partial charge in [0.15, 0.2) is 34.7 Å². The van der Waals surface area contributed by atoms with Crippen molar-refractivity contribution in [2.45, 2.75) is 37.8 Å². The number of aromatic hydroxyl groups is 1. The minimum absolute atomic E-state index is 0.0173. The molecule has 0 spiro atoms. The van der Waals surface area contributed by atoms with Crippen molar-refractivity contribution in [3.8, 4) is 16.9 Å². The molecule has 2 aromatic carbocycles. The molecule has 208 valence electrons. The first-order valence-electron chi connectivity index (χ1n) is 13.1. The van der Waals surface area contributed by atoms with Crippen molar-refractivity contribution in [2.75, 3.05) is 14.1 Å². The summed E-state index contributed by atoms with van der Waals surface area (Å²) in [5.74, 6) is -10.7. The molecule has 2 unspecified atom stereocenters. The minimum Gasteiger partial charge on any atom is -0.507 e. The van der Waals surface area contributed by atoms with E-state index in [9.17, 15) is 39.0 Å². The van der Waals surface area contributed by atoms with Crippen molar-refractivity contribution < 1.29 is 39.0 Å². The number of fused-ring (bicyclic) bond motifs is 3. The van der Waals surface area contributed by atoms with Crippen LogP contribution < -0.4 is 5.73 Å². The lowest BCUT2D eigenvalue weighted by molar-refractivity contribution is -0.181. The van der Waals surface area contributed by atoms with Gasteiger partial charge in [-0.15, -0.1) is 0 Å². The average molecular weight is 547 g/mol. The van der Waals surface area contributed by atoms with Gasteiger partial charge in [-0.3, -0.25) is 33.7 Å². The van der Waals surface area contributed by atoms with Gasteiger partial charge in [-0.25, -0.2) is 0 Å². The highest BCUT2D eigenvalue weighted by atomic mass is 16.3. The first kappa shape index (κ1) is 27.5. The number of nitrogens with zero attached hydrogens (tertiary/aromatic N) is 1. The zero-order valence-corrected chi connectivity index (χ0v) is 22.3. The van der Waals surface area contributed by atoms with Gasteiger partial charge < -0.3 is 15.9 Å². The standard InChI is InChI=1S/C30H30N2O8/c1-13(33)10-14-4-6-15(7-5-14)17-8-9-20(34)22-18(17)11-16-12-19-24(32(2)3)26(36)23(29(31)39)28(38)30(19,40)27(37)21(16)25(22)35/h4-9,16,19,21,23-24,34,40H,10-12H2,1-3H3,(H2,31,39)/t16-,19-,21?,23?,24-,30-/m1/s1. The molecule has 40 heavy (non-hydrogen) atoms. The maximum absolute atomic E-state index is 13.9. The van der Waals surface area contributed by atoms with Crippen LogP contribution in [0.4, 0.5) is 0 Å². The van der Waals surface area contributed by atoms with E-state index in [0.29, 0.717) is 11.1 Å². The topological polar surface area (TPSA) is 172 Å². The SMILES string of the molecule is CC(=O)Cc1ccc(-c2ccc(O)c3c2C[C@@H]2C[C@@H]4[C@@H](N(C)C)C(=O)C(C(N)=O)C(=O)[C@]4(O)C(=O)C2C3=O)cc1. The number of nitrogens with two attached hydrogens (primary N) is 1. The van der Waals surface area contributed by atoms with Gasteiger partial charge in [0, 0.05) is 12.3 Å². The second kappa shape index (κ2) is 9.57. The Bertz CT molecular complexity index is 1490. The summed E-state index contributed by atoms with van der Waals surface area (Å²) >= 11 is 0. The van der Waals surface area contributed by atoms with Crippen LogP contribution in [0.2, 0.25) is 0 Å². The van der Waals surface area contributed by atoms with Gasteiger partial charge in [0.1, 0.15) is 11.5 Å². The highest BCUT2D eigenvalue weighted by molar-refractivity contribution is 6.32. The van der Waals surface area contributed by atoms with Crippen LogP contribution in [0, 0.1) is 23.7 Å². The molecule has 0 saturated heterocycles. The summed E-state index contributed by atoms with van der Waals surface area (Å²) < 4.78 is 0. The van der Waals surface area contributed by atoms with Crippen molar-refractivity contribution in [1.29, 1.82) is 0 Å². The number of amides is 1. The van der Waals surface area contributed by atoms with E-state index in [-0.39, 0.29) is 36.4 Å². The molecule has 5 rings (SSSR count). The van der Waals surface area contributed by atoms with E-state index in [4.69, 9.17) is 5.73 Å². The summed E-state index contributed by atoms with van der Waals surface area (Å²) in [6, 6.07) is 9.13. The summed E-state index contributed by atoms with van der Waals surface area (Å²) in [7, 11) is 3.08. The molecule has 0 aliphatic heterocycles. The zero-order valence-electron chi connectivity index (χ0n) is 22.3. The van der Waals surface area contributed by atoms with Crippen LogP contribution in [0.15, 0.2) is 36.4 Å². The Hall–Kier alpha value is -4.02. The second-order valence-electron chi connectivity index (χ2n) is 11.4. The summed E-state index contributed by atoms with van der Waals surface area (Å²) in [5.41, 5.74) is 5.29. The fourth-order valence-corrected chi connectivity index (χ4v) is 6.96. The highest BCUT2D eigenvalue weighted by Crippen LogP contribution is 2.51. The summed E-state index contributed by atoms with van der Waals surface area (Å²) in [6.07, 6.45) is 0.436. The molecule has 6 atom stereocenters. The van der Waals surface area contributed by atoms with Crippen LogP contribution in [-0.2, 0) is 36.8 Å². The number of aliphatic hydroxyl groups is 1. The molecule has 0 bridgehead atoms. The van der Waals surface area contributed by atoms with Crippen LogP contribution in [0.1, 0.15) is 34.8 Å². The predicted molar refractivity (Wildman–Crippen MR) is 141 cm³/mol. The number of carbonyl (C=O) groups is 6. The number of Topliss-reactive ketones (excluding diaryl/α,β-unsaturated/α-hetero) is 5. The second-order valence-corrected chi connectivity index (χ2v) is 11.4. The summed E-state index contributed by atoms with van der Waals surface area (Å²) in [5, 5.41) is 22.4. The third-order valence-corrected chi connectivity index (χ3v) is 8.66. The molecule has 3 aliphatic rings. The fourth-order valence-electron chi connectivity index (χ4n) is 6.96. The van der Waals surface area contributed by atoms with Crippen LogP contribution in [-0.4, -0.2) is 75.7 Å². The zero-order chi connectivity index (χ0) is 29.3. The third kappa shape index (κ3) is 3.93. The number of phenols is 1. The third-order valence-electron chi connectivity index (χ3n) is 8.66. The number of benzene rings is 2. The van der Waals surface area contributed by atoms with Crippen LogP contribution >= 0.6 is 0 Å². The van der Waals surface area contributed by atoms with Gasteiger partial charge in [0.05, 0.1) is 17.5 Å². The molecule has 0 aromatic heterocycles. The van der Waals surface area contributed by atoms with Gasteiger partial charge in [-0.2, -0.15) is 0 Å². The largest absolute Gasteiger partial charge is 0.507 e. The first-order valence-corrected chi connectivity index (χ1v) is 13.1. The predicted octanol–water partition coefficient (Wildman–Crippen LogP) is 0.666. The highest BCUT2D eigenvalue weighted by Gasteiger charge is 2.69. The fraction of sp³-hybridized carbons (Fsp3) is 0.400. The van der Waals surface area contributed by atoms with Crippen molar-refractivity contribution in [1.82, 2.24) is 4.90 Å². The van der Waals surface area contributed by atoms with Crippen LogP contribution in [0.3, 0.4) is 0 Å². The molecule has 2 aromatic rings. The lowest BCUT2D eigenvalue weighted by Gasteiger charge is -2.52. The molecule has 1 amide bonds. The van der Waals surface area contributed by atoms with Crippen molar-refractivity contribution >= 4 is 34.8 Å². The Kier molecular flexibility index (Phi) is 6.59. The molecule has 0 heterocycles. The molecular weight excluding hydrogens is 516 g/mol. The van der Waals surface area contributed by atoms with E-state index in [2.05, 4.69) is 0 Å². The van der Waals surface area contributed by atoms with Gasteiger partial charge in [-0.05, 0) is 68.1 Å². The Balaban J connectivity index is 1.61. The van der Waals surface area contributed by atoms with E-state index in [0.717, 1.165) is 11.1 Å². The Morgan fingerprint density at radius 1 is 1.02 bits per heavy atom. The van der Waals surface area contributed by atoms with E-state index in [1.807, 2.05) is 24.3 Å². The van der Waals surface area contributed by atoms with Crippen LogP contribution in [0.25, 0.3) is 11.1 Å². The number of phenolic OH excluding ortho intramolecular Hbond substituents is 1. The number of ketones is 5. The minimum atomic E-state index is -2.75. The maximum Gasteiger partial charge on any atom is 0.235 e. The van der Waals surface area contributed by atoms with Crippen molar-refractivity contribution in [3.63, 3.8) is 0 Å². The Morgan fingerprint density at radius 2 is 1.68 bits per heavy atom. The van der Waals surface area contributed by atoms with Crippen LogP contribution in [0.5, 0.6) is 5.75 Å². The lowest BCUT2D eigenvalue weighted by Crippen LogP contribution is -2.74. The van der Waals surface area contributed by atoms with E-state index < -0.39 is 64.4 Å². The maximum atomic E-state index is 13.9. The molecule has 0 radical (unpaired) electrons. The quantitative estimate of drug-likeness (QED) is 0.456.